The highest BCUT2D eigenvalue weighted by molar-refractivity contribution is 7.90. The van der Waals surface area contributed by atoms with Crippen LogP contribution < -0.4 is 4.72 Å². The van der Waals surface area contributed by atoms with Crippen molar-refractivity contribution in [1.29, 1.82) is 0 Å². The Labute approximate surface area is 111 Å². The number of nitrogens with one attached hydrogen (secondary N) is 1. The van der Waals surface area contributed by atoms with Crippen LogP contribution in [0, 0.1) is 0 Å². The molecule has 8 nitrogen and oxygen atoms in total. The summed E-state index contributed by atoms with van der Waals surface area (Å²) in [6, 6.07) is 0.511. The topological polar surface area (TPSA) is 105 Å². The second kappa shape index (κ2) is 5.17. The third-order valence-corrected chi connectivity index (χ3v) is 4.62. The van der Waals surface area contributed by atoms with E-state index >= 15 is 0 Å². The Morgan fingerprint density at radius 3 is 2.84 bits per heavy atom. The van der Waals surface area contributed by atoms with E-state index in [2.05, 4.69) is 9.82 Å². The summed E-state index contributed by atoms with van der Waals surface area (Å²) < 4.78 is 29.2. The number of aryl methyl sites for hydroxylation is 1. The van der Waals surface area contributed by atoms with Gasteiger partial charge in [-0.15, -0.1) is 0 Å². The first-order chi connectivity index (χ1) is 8.92. The Balaban J connectivity index is 2.22. The van der Waals surface area contributed by atoms with Crippen molar-refractivity contribution in [3.8, 4) is 0 Å². The van der Waals surface area contributed by atoms with Gasteiger partial charge in [0.1, 0.15) is 11.9 Å². The highest BCUT2D eigenvalue weighted by Crippen LogP contribution is 2.22. The smallest absolute Gasteiger partial charge is 0.322 e. The van der Waals surface area contributed by atoms with Crippen molar-refractivity contribution in [3.63, 3.8) is 0 Å². The van der Waals surface area contributed by atoms with Gasteiger partial charge < -0.3 is 5.11 Å². The molecule has 1 aromatic heterocycles. The van der Waals surface area contributed by atoms with Crippen molar-refractivity contribution in [3.05, 3.63) is 12.3 Å². The maximum absolute atomic E-state index is 12.2. The van der Waals surface area contributed by atoms with Crippen LogP contribution in [0.2, 0.25) is 0 Å². The predicted octanol–water partition coefficient (Wildman–Crippen LogP) is 0.0159. The molecule has 9 heteroatoms. The molecule has 1 aliphatic heterocycles. The molecule has 0 bridgehead atoms. The van der Waals surface area contributed by atoms with Crippen molar-refractivity contribution in [2.75, 3.05) is 11.3 Å². The summed E-state index contributed by atoms with van der Waals surface area (Å²) in [7, 11) is -2.28. The van der Waals surface area contributed by atoms with Gasteiger partial charge in [0, 0.05) is 19.7 Å². The monoisotopic (exact) mass is 288 g/mol. The summed E-state index contributed by atoms with van der Waals surface area (Å²) in [4.78, 5) is 11.1. The average Bonchev–Trinajstić information content (AvgIpc) is 2.74. The second-order valence-electron chi connectivity index (χ2n) is 4.41. The number of carbonyl (C=O) groups is 1. The normalized spacial score (nSPS) is 21.2. The van der Waals surface area contributed by atoms with Crippen molar-refractivity contribution in [2.24, 2.45) is 7.05 Å². The first kappa shape index (κ1) is 13.8. The molecule has 1 aromatic rings. The van der Waals surface area contributed by atoms with Crippen molar-refractivity contribution in [1.82, 2.24) is 14.1 Å². The Morgan fingerprint density at radius 2 is 2.26 bits per heavy atom. The summed E-state index contributed by atoms with van der Waals surface area (Å²) in [6.45, 7) is 0.212. The van der Waals surface area contributed by atoms with Gasteiger partial charge in [-0.2, -0.15) is 17.8 Å². The molecule has 2 heterocycles. The van der Waals surface area contributed by atoms with Crippen LogP contribution in [0.4, 0.5) is 5.82 Å². The van der Waals surface area contributed by atoms with E-state index in [1.807, 2.05) is 0 Å². The van der Waals surface area contributed by atoms with Crippen LogP contribution in [0.1, 0.15) is 19.3 Å². The highest BCUT2D eigenvalue weighted by atomic mass is 32.2. The highest BCUT2D eigenvalue weighted by Gasteiger charge is 2.37. The number of rotatable bonds is 4. The van der Waals surface area contributed by atoms with Gasteiger partial charge in [0.05, 0.1) is 6.20 Å². The van der Waals surface area contributed by atoms with E-state index in [1.54, 1.807) is 7.05 Å². The molecule has 0 amide bonds. The Hall–Kier alpha value is -1.61. The quantitative estimate of drug-likeness (QED) is 0.812. The van der Waals surface area contributed by atoms with E-state index in [0.717, 1.165) is 4.31 Å². The first-order valence-corrected chi connectivity index (χ1v) is 7.36. The molecule has 1 atom stereocenters. The predicted molar refractivity (Wildman–Crippen MR) is 67.7 cm³/mol. The number of hydrogen-bond donors (Lipinski definition) is 2. The largest absolute Gasteiger partial charge is 0.480 e. The number of anilines is 1. The van der Waals surface area contributed by atoms with Gasteiger partial charge in [-0.1, -0.05) is 0 Å². The molecule has 1 saturated heterocycles. The van der Waals surface area contributed by atoms with Gasteiger partial charge in [-0.3, -0.25) is 14.2 Å². The molecular formula is C10H16N4O4S. The number of hydrogen-bond acceptors (Lipinski definition) is 4. The molecule has 1 fully saturated rings. The third kappa shape index (κ3) is 2.87. The number of nitrogens with zero attached hydrogens (tertiary/aromatic N) is 3. The van der Waals surface area contributed by atoms with E-state index < -0.39 is 22.2 Å². The van der Waals surface area contributed by atoms with Gasteiger partial charge in [-0.05, 0) is 19.3 Å². The molecule has 1 unspecified atom stereocenters. The Bertz CT molecular complexity index is 568. The average molecular weight is 288 g/mol. The standard InChI is InChI=1S/C10H16N4O4S/c1-13-9(5-6-11-13)12-19(17,18)14-7-3-2-4-8(14)10(15)16/h5-6,8,12H,2-4,7H2,1H3,(H,15,16). The number of carboxylic acids is 1. The molecule has 0 spiro atoms. The lowest BCUT2D eigenvalue weighted by atomic mass is 10.1. The van der Waals surface area contributed by atoms with E-state index in [9.17, 15) is 13.2 Å². The van der Waals surface area contributed by atoms with E-state index in [4.69, 9.17) is 5.11 Å². The van der Waals surface area contributed by atoms with Crippen molar-refractivity contribution < 1.29 is 18.3 Å². The van der Waals surface area contributed by atoms with Gasteiger partial charge in [0.15, 0.2) is 0 Å². The number of piperidine rings is 1. The SMILES string of the molecule is Cn1nccc1NS(=O)(=O)N1CCCCC1C(=O)O. The fourth-order valence-electron chi connectivity index (χ4n) is 2.10. The van der Waals surface area contributed by atoms with Gasteiger partial charge in [0.2, 0.25) is 0 Å². The lowest BCUT2D eigenvalue weighted by molar-refractivity contribution is -0.142. The van der Waals surface area contributed by atoms with Gasteiger partial charge >= 0.3 is 16.2 Å². The van der Waals surface area contributed by atoms with Gasteiger partial charge in [0.25, 0.3) is 0 Å². The second-order valence-corrected chi connectivity index (χ2v) is 6.03. The molecule has 2 rings (SSSR count). The van der Waals surface area contributed by atoms with E-state index in [0.29, 0.717) is 25.1 Å². The number of carboxylic acid groups (broad SMARTS) is 1. The fourth-order valence-corrected chi connectivity index (χ4v) is 3.59. The van der Waals surface area contributed by atoms with Gasteiger partial charge in [-0.25, -0.2) is 0 Å². The lowest BCUT2D eigenvalue weighted by Gasteiger charge is -2.31. The molecule has 106 valence electrons. The minimum Gasteiger partial charge on any atom is -0.480 e. The Morgan fingerprint density at radius 1 is 1.53 bits per heavy atom. The Kier molecular flexibility index (Phi) is 3.76. The number of aromatic nitrogens is 2. The van der Waals surface area contributed by atoms with Crippen LogP contribution in [0.5, 0.6) is 0 Å². The summed E-state index contributed by atoms with van der Waals surface area (Å²) in [5.41, 5.74) is 0. The molecule has 0 aliphatic carbocycles. The minimum atomic E-state index is -3.88. The van der Waals surface area contributed by atoms with Crippen LogP contribution in [0.3, 0.4) is 0 Å². The van der Waals surface area contributed by atoms with Crippen LogP contribution in [0.15, 0.2) is 12.3 Å². The fraction of sp³-hybridized carbons (Fsp3) is 0.600. The van der Waals surface area contributed by atoms with Crippen LogP contribution in [-0.2, 0) is 22.1 Å². The minimum absolute atomic E-state index is 0.212. The van der Waals surface area contributed by atoms with Crippen LogP contribution >= 0.6 is 0 Å². The molecule has 0 aromatic carbocycles. The summed E-state index contributed by atoms with van der Waals surface area (Å²) in [5.74, 6) is -0.815. The summed E-state index contributed by atoms with van der Waals surface area (Å²) >= 11 is 0. The van der Waals surface area contributed by atoms with E-state index in [1.165, 1.54) is 16.9 Å². The zero-order chi connectivity index (χ0) is 14.0. The number of aliphatic carboxylic acids is 1. The summed E-state index contributed by atoms with van der Waals surface area (Å²) in [6.07, 6.45) is 3.18. The van der Waals surface area contributed by atoms with E-state index in [-0.39, 0.29) is 6.54 Å². The van der Waals surface area contributed by atoms with Crippen LogP contribution in [0.25, 0.3) is 0 Å². The summed E-state index contributed by atoms with van der Waals surface area (Å²) in [5, 5.41) is 13.0. The van der Waals surface area contributed by atoms with Crippen LogP contribution in [-0.4, -0.2) is 46.2 Å². The van der Waals surface area contributed by atoms with Crippen molar-refractivity contribution >= 4 is 22.0 Å². The first-order valence-electron chi connectivity index (χ1n) is 5.92. The zero-order valence-corrected chi connectivity index (χ0v) is 11.3. The third-order valence-electron chi connectivity index (χ3n) is 3.10. The molecule has 1 aliphatic rings. The molecular weight excluding hydrogens is 272 g/mol. The maximum Gasteiger partial charge on any atom is 0.322 e. The zero-order valence-electron chi connectivity index (χ0n) is 10.5. The molecule has 0 saturated carbocycles. The molecule has 19 heavy (non-hydrogen) atoms. The van der Waals surface area contributed by atoms with Crippen molar-refractivity contribution in [2.45, 2.75) is 25.3 Å². The molecule has 2 N–H and O–H groups in total. The lowest BCUT2D eigenvalue weighted by Crippen LogP contribution is -2.50. The maximum atomic E-state index is 12.2. The molecule has 0 radical (unpaired) electrons.